The highest BCUT2D eigenvalue weighted by molar-refractivity contribution is 9.10. The molecule has 2 aromatic rings. The molecule has 2 heterocycles. The zero-order chi connectivity index (χ0) is 13.3. The fourth-order valence-corrected chi connectivity index (χ4v) is 3.14. The number of aliphatic hydroxyl groups is 1. The predicted molar refractivity (Wildman–Crippen MR) is 77.2 cm³/mol. The molecule has 0 aliphatic heterocycles. The number of nitrogens with one attached hydrogen (secondary N) is 1. The van der Waals surface area contributed by atoms with Gasteiger partial charge in [0.1, 0.15) is 0 Å². The van der Waals surface area contributed by atoms with Crippen LogP contribution in [0.2, 0.25) is 0 Å². The van der Waals surface area contributed by atoms with Gasteiger partial charge in [0, 0.05) is 6.20 Å². The summed E-state index contributed by atoms with van der Waals surface area (Å²) >= 11 is 3.47. The molecule has 1 aliphatic rings. The number of anilines is 1. The summed E-state index contributed by atoms with van der Waals surface area (Å²) in [6.07, 6.45) is 7.34. The van der Waals surface area contributed by atoms with Gasteiger partial charge in [-0.3, -0.25) is 0 Å². The first-order chi connectivity index (χ1) is 9.22. The largest absolute Gasteiger partial charge is 0.394 e. The summed E-state index contributed by atoms with van der Waals surface area (Å²) in [5.41, 5.74) is 0.532. The second-order valence-electron chi connectivity index (χ2n) is 5.18. The molecular weight excluding hydrogens is 308 g/mol. The lowest BCUT2D eigenvalue weighted by Gasteiger charge is -2.35. The molecule has 1 fully saturated rings. The Balaban J connectivity index is 1.89. The zero-order valence-electron chi connectivity index (χ0n) is 10.6. The highest BCUT2D eigenvalue weighted by Crippen LogP contribution is 2.30. The Morgan fingerprint density at radius 2 is 2.16 bits per heavy atom. The standard InChI is InChI=1S/C13H17BrN4O/c14-10-5-4-8-18-11(10)15-12(17-18)16-13(9-19)6-2-1-3-7-13/h4-5,8,19H,1-3,6-7,9H2,(H,16,17). The number of pyridine rings is 1. The van der Waals surface area contributed by atoms with Gasteiger partial charge in [-0.25, -0.2) is 4.52 Å². The van der Waals surface area contributed by atoms with Crippen molar-refractivity contribution in [2.75, 3.05) is 11.9 Å². The van der Waals surface area contributed by atoms with Crippen molar-refractivity contribution in [3.8, 4) is 0 Å². The van der Waals surface area contributed by atoms with E-state index >= 15 is 0 Å². The molecule has 0 radical (unpaired) electrons. The summed E-state index contributed by atoms with van der Waals surface area (Å²) < 4.78 is 2.65. The van der Waals surface area contributed by atoms with Crippen LogP contribution in [0.5, 0.6) is 0 Å². The number of fused-ring (bicyclic) bond motifs is 1. The Labute approximate surface area is 120 Å². The monoisotopic (exact) mass is 324 g/mol. The van der Waals surface area contributed by atoms with Crippen molar-refractivity contribution in [3.05, 3.63) is 22.8 Å². The van der Waals surface area contributed by atoms with Crippen LogP contribution in [0.25, 0.3) is 5.65 Å². The summed E-state index contributed by atoms with van der Waals surface area (Å²) in [6.45, 7) is 0.129. The number of aromatic nitrogens is 3. The van der Waals surface area contributed by atoms with E-state index in [-0.39, 0.29) is 12.1 Å². The van der Waals surface area contributed by atoms with E-state index in [1.54, 1.807) is 4.52 Å². The molecule has 6 heteroatoms. The van der Waals surface area contributed by atoms with Crippen LogP contribution in [0.4, 0.5) is 5.95 Å². The van der Waals surface area contributed by atoms with Gasteiger partial charge in [-0.2, -0.15) is 4.98 Å². The van der Waals surface area contributed by atoms with Gasteiger partial charge in [-0.1, -0.05) is 19.3 Å². The molecule has 3 rings (SSSR count). The Bertz CT molecular complexity index is 577. The van der Waals surface area contributed by atoms with Crippen LogP contribution in [-0.4, -0.2) is 31.9 Å². The van der Waals surface area contributed by atoms with Gasteiger partial charge in [-0.05, 0) is 40.9 Å². The topological polar surface area (TPSA) is 62.5 Å². The number of halogens is 1. The maximum Gasteiger partial charge on any atom is 0.243 e. The summed E-state index contributed by atoms with van der Waals surface area (Å²) in [6, 6.07) is 3.86. The molecule has 0 unspecified atom stereocenters. The third-order valence-corrected chi connectivity index (χ3v) is 4.42. The SMILES string of the molecule is OCC1(Nc2nc3c(Br)cccn3n2)CCCCC1. The van der Waals surface area contributed by atoms with E-state index in [0.717, 1.165) is 35.8 Å². The van der Waals surface area contributed by atoms with Crippen molar-refractivity contribution >= 4 is 27.5 Å². The molecule has 1 aliphatic carbocycles. The van der Waals surface area contributed by atoms with Crippen LogP contribution in [0.3, 0.4) is 0 Å². The van der Waals surface area contributed by atoms with Gasteiger partial charge in [-0.15, -0.1) is 5.10 Å². The number of hydrogen-bond acceptors (Lipinski definition) is 4. The molecule has 1 saturated carbocycles. The molecule has 5 nitrogen and oxygen atoms in total. The molecule has 0 aromatic carbocycles. The average Bonchev–Trinajstić information content (AvgIpc) is 2.83. The van der Waals surface area contributed by atoms with Crippen LogP contribution in [0, 0.1) is 0 Å². The molecule has 0 atom stereocenters. The van der Waals surface area contributed by atoms with Gasteiger partial charge < -0.3 is 10.4 Å². The smallest absolute Gasteiger partial charge is 0.243 e. The van der Waals surface area contributed by atoms with Crippen molar-refractivity contribution in [2.24, 2.45) is 0 Å². The lowest BCUT2D eigenvalue weighted by atomic mass is 9.82. The van der Waals surface area contributed by atoms with Crippen molar-refractivity contribution in [3.63, 3.8) is 0 Å². The molecule has 0 saturated heterocycles. The van der Waals surface area contributed by atoms with E-state index in [1.807, 2.05) is 18.3 Å². The third-order valence-electron chi connectivity index (χ3n) is 3.80. The van der Waals surface area contributed by atoms with Gasteiger partial charge in [0.15, 0.2) is 5.65 Å². The molecule has 2 aromatic heterocycles. The Kier molecular flexibility index (Phi) is 3.45. The fraction of sp³-hybridized carbons (Fsp3) is 0.538. The second-order valence-corrected chi connectivity index (χ2v) is 6.04. The van der Waals surface area contributed by atoms with Gasteiger partial charge in [0.25, 0.3) is 0 Å². The molecule has 0 bridgehead atoms. The molecule has 2 N–H and O–H groups in total. The maximum absolute atomic E-state index is 9.70. The van der Waals surface area contributed by atoms with Crippen molar-refractivity contribution < 1.29 is 5.11 Å². The Hall–Kier alpha value is -1.14. The van der Waals surface area contributed by atoms with Crippen LogP contribution in [0.15, 0.2) is 22.8 Å². The maximum atomic E-state index is 9.70. The van der Waals surface area contributed by atoms with Crippen LogP contribution in [0.1, 0.15) is 32.1 Å². The zero-order valence-corrected chi connectivity index (χ0v) is 12.2. The lowest BCUT2D eigenvalue weighted by molar-refractivity contribution is 0.172. The third kappa shape index (κ3) is 2.47. The van der Waals surface area contributed by atoms with Crippen molar-refractivity contribution in [2.45, 2.75) is 37.6 Å². The minimum Gasteiger partial charge on any atom is -0.394 e. The molecule has 19 heavy (non-hydrogen) atoms. The van der Waals surface area contributed by atoms with E-state index in [9.17, 15) is 5.11 Å². The highest BCUT2D eigenvalue weighted by Gasteiger charge is 2.32. The molecule has 0 spiro atoms. The fourth-order valence-electron chi connectivity index (χ4n) is 2.71. The van der Waals surface area contributed by atoms with Crippen LogP contribution >= 0.6 is 15.9 Å². The number of rotatable bonds is 3. The van der Waals surface area contributed by atoms with Gasteiger partial charge in [0.05, 0.1) is 16.6 Å². The first-order valence-electron chi connectivity index (χ1n) is 6.62. The number of aliphatic hydroxyl groups excluding tert-OH is 1. The minimum atomic E-state index is -0.254. The first kappa shape index (κ1) is 12.9. The second kappa shape index (κ2) is 5.09. The molecule has 102 valence electrons. The van der Waals surface area contributed by atoms with Crippen LogP contribution in [-0.2, 0) is 0 Å². The van der Waals surface area contributed by atoms with Crippen molar-refractivity contribution in [1.29, 1.82) is 0 Å². The quantitative estimate of drug-likeness (QED) is 0.911. The van der Waals surface area contributed by atoms with E-state index in [0.29, 0.717) is 5.95 Å². The lowest BCUT2D eigenvalue weighted by Crippen LogP contribution is -2.44. The molecular formula is C13H17BrN4O. The molecule has 0 amide bonds. The highest BCUT2D eigenvalue weighted by atomic mass is 79.9. The Morgan fingerprint density at radius 3 is 2.84 bits per heavy atom. The summed E-state index contributed by atoms with van der Waals surface area (Å²) in [7, 11) is 0. The minimum absolute atomic E-state index is 0.129. The Morgan fingerprint density at radius 1 is 1.37 bits per heavy atom. The van der Waals surface area contributed by atoms with Gasteiger partial charge in [0.2, 0.25) is 5.95 Å². The normalized spacial score (nSPS) is 18.6. The summed E-state index contributed by atoms with van der Waals surface area (Å²) in [5, 5.41) is 17.5. The number of nitrogens with zero attached hydrogens (tertiary/aromatic N) is 3. The summed E-state index contributed by atoms with van der Waals surface area (Å²) in [5.74, 6) is 0.586. The van der Waals surface area contributed by atoms with Crippen molar-refractivity contribution in [1.82, 2.24) is 14.6 Å². The average molecular weight is 325 g/mol. The van der Waals surface area contributed by atoms with Gasteiger partial charge >= 0.3 is 0 Å². The van der Waals surface area contributed by atoms with E-state index in [2.05, 4.69) is 31.3 Å². The van der Waals surface area contributed by atoms with E-state index in [4.69, 9.17) is 0 Å². The predicted octanol–water partition coefficient (Wildman–Crippen LogP) is 2.60. The van der Waals surface area contributed by atoms with Crippen LogP contribution < -0.4 is 5.32 Å². The number of hydrogen-bond donors (Lipinski definition) is 2. The van der Waals surface area contributed by atoms with E-state index in [1.165, 1.54) is 6.42 Å². The summed E-state index contributed by atoms with van der Waals surface area (Å²) in [4.78, 5) is 4.48. The van der Waals surface area contributed by atoms with E-state index < -0.39 is 0 Å². The first-order valence-corrected chi connectivity index (χ1v) is 7.42.